The highest BCUT2D eigenvalue weighted by molar-refractivity contribution is 6.01. The summed E-state index contributed by atoms with van der Waals surface area (Å²) < 4.78 is 41.0. The van der Waals surface area contributed by atoms with Gasteiger partial charge in [0.1, 0.15) is 11.5 Å². The van der Waals surface area contributed by atoms with E-state index in [0.29, 0.717) is 17.7 Å². The number of nitrogens with zero attached hydrogens (tertiary/aromatic N) is 3. The Morgan fingerprint density at radius 3 is 2.60 bits per heavy atom. The number of ether oxygens (including phenoxy) is 1. The molecule has 4 rings (SSSR count). The number of alkyl halides is 3. The number of phenols is 1. The third-order valence-corrected chi connectivity index (χ3v) is 5.60. The first-order chi connectivity index (χ1) is 16.6. The molecule has 0 fully saturated rings. The fraction of sp³-hybridized carbons (Fsp3) is 0.231. The van der Waals surface area contributed by atoms with Crippen LogP contribution in [0.3, 0.4) is 0 Å². The van der Waals surface area contributed by atoms with Crippen molar-refractivity contribution in [3.05, 3.63) is 94.9 Å². The van der Waals surface area contributed by atoms with Crippen LogP contribution in [-0.2, 0) is 19.6 Å². The van der Waals surface area contributed by atoms with Crippen molar-refractivity contribution in [3.63, 3.8) is 0 Å². The SMILES string of the molecule is C/C(=C\N(C)Cc1ccccn1)c1cc(O)c2c(c1)CN(Cc1ccc(OC(F)(F)F)cc1)C2=O. The van der Waals surface area contributed by atoms with Gasteiger partial charge in [-0.3, -0.25) is 9.78 Å². The van der Waals surface area contributed by atoms with Crippen molar-refractivity contribution < 1.29 is 27.8 Å². The Labute approximate surface area is 200 Å². The number of amides is 1. The molecule has 0 atom stereocenters. The molecule has 2 heterocycles. The van der Waals surface area contributed by atoms with E-state index in [1.807, 2.05) is 49.3 Å². The van der Waals surface area contributed by atoms with Crippen molar-refractivity contribution in [1.82, 2.24) is 14.8 Å². The number of carbonyl (C=O) groups is 1. The van der Waals surface area contributed by atoms with E-state index in [4.69, 9.17) is 0 Å². The highest BCUT2D eigenvalue weighted by Gasteiger charge is 2.32. The molecule has 0 radical (unpaired) electrons. The normalized spacial score (nSPS) is 13.7. The van der Waals surface area contributed by atoms with Crippen LogP contribution < -0.4 is 4.74 Å². The van der Waals surface area contributed by atoms with Gasteiger partial charge in [0.25, 0.3) is 5.91 Å². The number of carbonyl (C=O) groups excluding carboxylic acids is 1. The third-order valence-electron chi connectivity index (χ3n) is 5.60. The van der Waals surface area contributed by atoms with Crippen LogP contribution in [0.5, 0.6) is 11.5 Å². The lowest BCUT2D eigenvalue weighted by Crippen LogP contribution is -2.23. The number of allylic oxidation sites excluding steroid dienone is 1. The summed E-state index contributed by atoms with van der Waals surface area (Å²) in [6.07, 6.45) is -1.07. The van der Waals surface area contributed by atoms with E-state index in [0.717, 1.165) is 16.8 Å². The van der Waals surface area contributed by atoms with Gasteiger partial charge in [-0.05, 0) is 65.6 Å². The molecule has 2 aromatic carbocycles. The Kier molecular flexibility index (Phi) is 6.68. The summed E-state index contributed by atoms with van der Waals surface area (Å²) in [4.78, 5) is 20.8. The van der Waals surface area contributed by atoms with Gasteiger partial charge in [-0.2, -0.15) is 0 Å². The molecule has 35 heavy (non-hydrogen) atoms. The zero-order valence-electron chi connectivity index (χ0n) is 19.2. The maximum atomic E-state index is 12.9. The summed E-state index contributed by atoms with van der Waals surface area (Å²) in [5.41, 5.74) is 4.22. The van der Waals surface area contributed by atoms with Crippen molar-refractivity contribution in [2.75, 3.05) is 7.05 Å². The number of halogens is 3. The lowest BCUT2D eigenvalue weighted by molar-refractivity contribution is -0.274. The number of rotatable bonds is 7. The molecule has 0 spiro atoms. The lowest BCUT2D eigenvalue weighted by atomic mass is 10.0. The van der Waals surface area contributed by atoms with E-state index in [-0.39, 0.29) is 36.1 Å². The number of phenolic OH excluding ortho intramolecular Hbond substituents is 1. The van der Waals surface area contributed by atoms with E-state index < -0.39 is 6.36 Å². The monoisotopic (exact) mass is 483 g/mol. The van der Waals surface area contributed by atoms with Crippen LogP contribution in [0.25, 0.3) is 5.57 Å². The van der Waals surface area contributed by atoms with Crippen molar-refractivity contribution in [1.29, 1.82) is 0 Å². The van der Waals surface area contributed by atoms with E-state index in [2.05, 4.69) is 9.72 Å². The van der Waals surface area contributed by atoms with Crippen molar-refractivity contribution >= 4 is 11.5 Å². The molecule has 1 aromatic heterocycles. The molecule has 0 saturated carbocycles. The average Bonchev–Trinajstić information content (AvgIpc) is 3.10. The van der Waals surface area contributed by atoms with Gasteiger partial charge in [-0.25, -0.2) is 0 Å². The first-order valence-electron chi connectivity index (χ1n) is 10.9. The summed E-state index contributed by atoms with van der Waals surface area (Å²) >= 11 is 0. The molecule has 0 aliphatic carbocycles. The molecule has 1 aliphatic rings. The minimum absolute atomic E-state index is 0.0981. The molecule has 6 nitrogen and oxygen atoms in total. The van der Waals surface area contributed by atoms with Crippen LogP contribution >= 0.6 is 0 Å². The predicted octanol–water partition coefficient (Wildman–Crippen LogP) is 5.33. The predicted molar refractivity (Wildman–Crippen MR) is 124 cm³/mol. The van der Waals surface area contributed by atoms with E-state index in [1.165, 1.54) is 24.3 Å². The third kappa shape index (κ3) is 5.92. The van der Waals surface area contributed by atoms with Crippen LogP contribution in [0.1, 0.15) is 39.7 Å². The Morgan fingerprint density at radius 1 is 1.20 bits per heavy atom. The van der Waals surface area contributed by atoms with Crippen molar-refractivity contribution in [3.8, 4) is 11.5 Å². The van der Waals surface area contributed by atoms with Crippen molar-refractivity contribution in [2.45, 2.75) is 32.9 Å². The quantitative estimate of drug-likeness (QED) is 0.492. The maximum absolute atomic E-state index is 12.9. The Bertz CT molecular complexity index is 1240. The summed E-state index contributed by atoms with van der Waals surface area (Å²) in [5.74, 6) is -0.748. The van der Waals surface area contributed by atoms with Gasteiger partial charge in [-0.1, -0.05) is 18.2 Å². The topological polar surface area (TPSA) is 65.9 Å². The molecule has 1 N–H and O–H groups in total. The standard InChI is InChI=1S/C26H24F3N3O3/c1-17(13-31(2)16-21-5-3-4-10-30-21)19-11-20-15-32(25(34)24(20)23(33)12-19)14-18-6-8-22(9-7-18)35-26(27,28)29/h3-13,33H,14-16H2,1-2H3/b17-13+. The molecular formula is C26H24F3N3O3. The molecule has 0 saturated heterocycles. The minimum Gasteiger partial charge on any atom is -0.507 e. The summed E-state index contributed by atoms with van der Waals surface area (Å²) in [6.45, 7) is 3.02. The zero-order chi connectivity index (χ0) is 25.2. The van der Waals surface area contributed by atoms with Gasteiger partial charge in [0, 0.05) is 32.5 Å². The second kappa shape index (κ2) is 9.69. The number of aromatic hydroxyl groups is 1. The van der Waals surface area contributed by atoms with Crippen LogP contribution in [-0.4, -0.2) is 39.2 Å². The summed E-state index contributed by atoms with van der Waals surface area (Å²) in [7, 11) is 1.93. The van der Waals surface area contributed by atoms with Crippen LogP contribution in [0.2, 0.25) is 0 Å². The van der Waals surface area contributed by atoms with Gasteiger partial charge >= 0.3 is 6.36 Å². The second-order valence-corrected chi connectivity index (χ2v) is 8.43. The zero-order valence-corrected chi connectivity index (χ0v) is 19.2. The van der Waals surface area contributed by atoms with Gasteiger partial charge in [0.15, 0.2) is 0 Å². The number of benzene rings is 2. The average molecular weight is 483 g/mol. The molecular weight excluding hydrogens is 459 g/mol. The van der Waals surface area contributed by atoms with Crippen LogP contribution in [0, 0.1) is 0 Å². The maximum Gasteiger partial charge on any atom is 0.573 e. The van der Waals surface area contributed by atoms with E-state index in [9.17, 15) is 23.1 Å². The largest absolute Gasteiger partial charge is 0.573 e. The Balaban J connectivity index is 1.47. The van der Waals surface area contributed by atoms with E-state index >= 15 is 0 Å². The summed E-state index contributed by atoms with van der Waals surface area (Å²) in [5, 5.41) is 10.6. The molecule has 3 aromatic rings. The summed E-state index contributed by atoms with van der Waals surface area (Å²) in [6, 6.07) is 14.6. The number of fused-ring (bicyclic) bond motifs is 1. The highest BCUT2D eigenvalue weighted by Crippen LogP contribution is 2.35. The Hall–Kier alpha value is -4.01. The van der Waals surface area contributed by atoms with Crippen LogP contribution in [0.4, 0.5) is 13.2 Å². The molecule has 9 heteroatoms. The smallest absolute Gasteiger partial charge is 0.507 e. The molecule has 1 aliphatic heterocycles. The number of hydrogen-bond donors (Lipinski definition) is 1. The van der Waals surface area contributed by atoms with Gasteiger partial charge in [0.05, 0.1) is 17.8 Å². The number of aromatic nitrogens is 1. The molecule has 0 unspecified atom stereocenters. The first-order valence-corrected chi connectivity index (χ1v) is 10.9. The van der Waals surface area contributed by atoms with Gasteiger partial charge < -0.3 is 19.6 Å². The molecule has 0 bridgehead atoms. The minimum atomic E-state index is -4.76. The van der Waals surface area contributed by atoms with E-state index in [1.54, 1.807) is 17.2 Å². The number of hydrogen-bond acceptors (Lipinski definition) is 5. The highest BCUT2D eigenvalue weighted by atomic mass is 19.4. The molecule has 1 amide bonds. The number of pyridine rings is 1. The first kappa shape index (κ1) is 24.1. The van der Waals surface area contributed by atoms with Gasteiger partial charge in [-0.15, -0.1) is 13.2 Å². The fourth-order valence-corrected chi connectivity index (χ4v) is 4.06. The fourth-order valence-electron chi connectivity index (χ4n) is 4.06. The molecule has 182 valence electrons. The van der Waals surface area contributed by atoms with Gasteiger partial charge in [0.2, 0.25) is 0 Å². The lowest BCUT2D eigenvalue weighted by Gasteiger charge is -2.16. The van der Waals surface area contributed by atoms with Crippen molar-refractivity contribution in [2.24, 2.45) is 0 Å². The van der Waals surface area contributed by atoms with Crippen LogP contribution in [0.15, 0.2) is 67.0 Å². The Morgan fingerprint density at radius 2 is 1.94 bits per heavy atom. The second-order valence-electron chi connectivity index (χ2n) is 8.43.